The highest BCUT2D eigenvalue weighted by Gasteiger charge is 2.30. The van der Waals surface area contributed by atoms with Gasteiger partial charge in [-0.25, -0.2) is 0 Å². The van der Waals surface area contributed by atoms with Crippen LogP contribution < -0.4 is 10.6 Å². The first-order chi connectivity index (χ1) is 15.1. The first-order valence-corrected chi connectivity index (χ1v) is 10.5. The molecule has 0 spiro atoms. The van der Waals surface area contributed by atoms with E-state index in [1.165, 1.54) is 12.1 Å². The summed E-state index contributed by atoms with van der Waals surface area (Å²) in [6.45, 7) is 0. The van der Waals surface area contributed by atoms with Gasteiger partial charge >= 0.3 is 6.18 Å². The van der Waals surface area contributed by atoms with E-state index in [9.17, 15) is 22.8 Å². The number of halogens is 4. The van der Waals surface area contributed by atoms with Gasteiger partial charge in [-0.15, -0.1) is 10.2 Å². The Morgan fingerprint density at radius 2 is 1.72 bits per heavy atom. The van der Waals surface area contributed by atoms with E-state index in [-0.39, 0.29) is 23.8 Å². The number of anilines is 2. The zero-order valence-electron chi connectivity index (χ0n) is 16.6. The fourth-order valence-corrected chi connectivity index (χ4v) is 3.46. The Labute approximate surface area is 190 Å². The minimum Gasteiger partial charge on any atom is -0.326 e. The Bertz CT molecular complexity index is 1120. The van der Waals surface area contributed by atoms with E-state index in [4.69, 9.17) is 11.6 Å². The molecule has 0 bridgehead atoms. The third-order valence-electron chi connectivity index (χ3n) is 4.18. The van der Waals surface area contributed by atoms with Gasteiger partial charge in [0.15, 0.2) is 5.16 Å². The van der Waals surface area contributed by atoms with Crippen molar-refractivity contribution in [1.29, 1.82) is 0 Å². The molecule has 3 aromatic rings. The summed E-state index contributed by atoms with van der Waals surface area (Å²) in [5.41, 5.74) is -0.227. The van der Waals surface area contributed by atoms with Crippen LogP contribution in [0.1, 0.15) is 11.4 Å². The lowest BCUT2D eigenvalue weighted by Crippen LogP contribution is -2.18. The number of nitrogens with zero attached hydrogens (tertiary/aromatic N) is 3. The normalized spacial score (nSPS) is 11.3. The molecule has 2 amide bonds. The molecule has 0 saturated heterocycles. The van der Waals surface area contributed by atoms with Crippen LogP contribution in [-0.2, 0) is 29.2 Å². The topological polar surface area (TPSA) is 88.9 Å². The van der Waals surface area contributed by atoms with Gasteiger partial charge in [0.25, 0.3) is 0 Å². The maximum absolute atomic E-state index is 12.8. The molecule has 7 nitrogen and oxygen atoms in total. The molecule has 1 aromatic heterocycles. The summed E-state index contributed by atoms with van der Waals surface area (Å²) >= 11 is 6.94. The van der Waals surface area contributed by atoms with Crippen molar-refractivity contribution in [3.8, 4) is 0 Å². The van der Waals surface area contributed by atoms with Gasteiger partial charge in [-0.05, 0) is 42.5 Å². The third-order valence-corrected chi connectivity index (χ3v) is 5.45. The Balaban J connectivity index is 1.54. The molecule has 3 rings (SSSR count). The molecule has 0 atom stereocenters. The summed E-state index contributed by atoms with van der Waals surface area (Å²) < 4.78 is 40.0. The molecule has 0 fully saturated rings. The van der Waals surface area contributed by atoms with Crippen molar-refractivity contribution in [2.45, 2.75) is 17.8 Å². The van der Waals surface area contributed by atoms with Crippen molar-refractivity contribution in [3.63, 3.8) is 0 Å². The number of thioether (sulfide) groups is 1. The number of rotatable bonds is 7. The molecular formula is C20H17ClF3N5O2S. The van der Waals surface area contributed by atoms with E-state index < -0.39 is 17.6 Å². The van der Waals surface area contributed by atoms with Crippen LogP contribution in [0, 0.1) is 0 Å². The van der Waals surface area contributed by atoms with Crippen LogP contribution in [0.3, 0.4) is 0 Å². The van der Waals surface area contributed by atoms with Crippen molar-refractivity contribution in [2.75, 3.05) is 16.4 Å². The number of amides is 2. The quantitative estimate of drug-likeness (QED) is 0.486. The molecule has 12 heteroatoms. The number of carbonyl (C=O) groups excluding carboxylic acids is 2. The van der Waals surface area contributed by atoms with Crippen LogP contribution in [0.2, 0.25) is 5.02 Å². The van der Waals surface area contributed by atoms with E-state index in [1.807, 2.05) is 0 Å². The molecule has 0 unspecified atom stereocenters. The van der Waals surface area contributed by atoms with Crippen molar-refractivity contribution >= 4 is 46.6 Å². The molecule has 0 radical (unpaired) electrons. The zero-order chi connectivity index (χ0) is 23.3. The fraction of sp³-hybridized carbons (Fsp3) is 0.200. The van der Waals surface area contributed by atoms with E-state index in [1.54, 1.807) is 35.9 Å². The molecule has 0 saturated carbocycles. The number of alkyl halides is 3. The minimum absolute atomic E-state index is 0.0282. The van der Waals surface area contributed by atoms with Crippen molar-refractivity contribution < 1.29 is 22.8 Å². The summed E-state index contributed by atoms with van der Waals surface area (Å²) in [5.74, 6) is -0.443. The number of nitrogens with one attached hydrogen (secondary N) is 2. The highest BCUT2D eigenvalue weighted by Crippen LogP contribution is 2.30. The summed E-state index contributed by atoms with van der Waals surface area (Å²) in [6.07, 6.45) is -4.70. The molecule has 2 N–H and O–H groups in total. The number of aromatic nitrogens is 3. The van der Waals surface area contributed by atoms with Crippen LogP contribution in [0.25, 0.3) is 0 Å². The Morgan fingerprint density at radius 3 is 2.41 bits per heavy atom. The number of hydrogen-bond donors (Lipinski definition) is 2. The second-order valence-electron chi connectivity index (χ2n) is 6.61. The van der Waals surface area contributed by atoms with Gasteiger partial charge in [-0.3, -0.25) is 9.59 Å². The maximum atomic E-state index is 12.8. The Morgan fingerprint density at radius 1 is 1.03 bits per heavy atom. The largest absolute Gasteiger partial charge is 0.416 e. The van der Waals surface area contributed by atoms with Crippen LogP contribution in [0.4, 0.5) is 24.5 Å². The molecular weight excluding hydrogens is 467 g/mol. The van der Waals surface area contributed by atoms with Crippen molar-refractivity contribution in [3.05, 3.63) is 64.9 Å². The standard InChI is InChI=1S/C20H17ClF3N5O2S/c1-29-16(10-17(30)26-15-4-2-3-12(9-15)20(22,23)24)27-28-19(29)32-11-18(31)25-14-7-5-13(21)6-8-14/h2-9H,10-11H2,1H3,(H,25,31)(H,26,30). The second kappa shape index (κ2) is 10.0. The lowest BCUT2D eigenvalue weighted by molar-refractivity contribution is -0.137. The van der Waals surface area contributed by atoms with Gasteiger partial charge in [0, 0.05) is 23.4 Å². The smallest absolute Gasteiger partial charge is 0.326 e. The van der Waals surface area contributed by atoms with Gasteiger partial charge in [0.05, 0.1) is 17.7 Å². The lowest BCUT2D eigenvalue weighted by Gasteiger charge is -2.10. The van der Waals surface area contributed by atoms with Crippen LogP contribution in [0.15, 0.2) is 53.7 Å². The third kappa shape index (κ3) is 6.47. The average molecular weight is 484 g/mol. The predicted octanol–water partition coefficient (Wildman–Crippen LogP) is 4.40. The first-order valence-electron chi connectivity index (χ1n) is 9.15. The van der Waals surface area contributed by atoms with E-state index in [2.05, 4.69) is 20.8 Å². The van der Waals surface area contributed by atoms with Gasteiger partial charge in [-0.1, -0.05) is 29.4 Å². The SMILES string of the molecule is Cn1c(CC(=O)Nc2cccc(C(F)(F)F)c2)nnc1SCC(=O)Nc1ccc(Cl)cc1. The van der Waals surface area contributed by atoms with Gasteiger partial charge in [0.2, 0.25) is 11.8 Å². The summed E-state index contributed by atoms with van der Waals surface area (Å²) in [5, 5.41) is 14.0. The Hall–Kier alpha value is -3.05. The van der Waals surface area contributed by atoms with Crippen molar-refractivity contribution in [1.82, 2.24) is 14.8 Å². The summed E-state index contributed by atoms with van der Waals surface area (Å²) in [7, 11) is 1.63. The zero-order valence-corrected chi connectivity index (χ0v) is 18.2. The van der Waals surface area contributed by atoms with Gasteiger partial charge in [0.1, 0.15) is 5.82 Å². The number of carbonyl (C=O) groups is 2. The molecule has 0 aliphatic rings. The summed E-state index contributed by atoms with van der Waals surface area (Å²) in [4.78, 5) is 24.3. The van der Waals surface area contributed by atoms with E-state index in [0.29, 0.717) is 21.7 Å². The highest BCUT2D eigenvalue weighted by molar-refractivity contribution is 7.99. The fourth-order valence-electron chi connectivity index (χ4n) is 2.61. The molecule has 1 heterocycles. The minimum atomic E-state index is -4.50. The second-order valence-corrected chi connectivity index (χ2v) is 7.98. The molecule has 168 valence electrons. The lowest BCUT2D eigenvalue weighted by atomic mass is 10.2. The summed E-state index contributed by atoms with van der Waals surface area (Å²) in [6, 6.07) is 11.0. The van der Waals surface area contributed by atoms with Crippen molar-refractivity contribution in [2.24, 2.45) is 7.05 Å². The Kier molecular flexibility index (Phi) is 7.41. The number of hydrogen-bond acceptors (Lipinski definition) is 5. The molecule has 2 aromatic carbocycles. The highest BCUT2D eigenvalue weighted by atomic mass is 35.5. The predicted molar refractivity (Wildman–Crippen MR) is 116 cm³/mol. The monoisotopic (exact) mass is 483 g/mol. The van der Waals surface area contributed by atoms with E-state index >= 15 is 0 Å². The molecule has 0 aliphatic carbocycles. The molecule has 32 heavy (non-hydrogen) atoms. The number of benzene rings is 2. The maximum Gasteiger partial charge on any atom is 0.416 e. The van der Waals surface area contributed by atoms with Gasteiger partial charge in [-0.2, -0.15) is 13.2 Å². The molecule has 0 aliphatic heterocycles. The average Bonchev–Trinajstić information content (AvgIpc) is 3.07. The van der Waals surface area contributed by atoms with E-state index in [0.717, 1.165) is 23.9 Å². The first kappa shape index (κ1) is 23.6. The van der Waals surface area contributed by atoms with Crippen LogP contribution in [0.5, 0.6) is 0 Å². The van der Waals surface area contributed by atoms with Gasteiger partial charge < -0.3 is 15.2 Å². The van der Waals surface area contributed by atoms with Crippen LogP contribution in [-0.4, -0.2) is 32.3 Å². The van der Waals surface area contributed by atoms with Crippen LogP contribution >= 0.6 is 23.4 Å².